The van der Waals surface area contributed by atoms with Crippen molar-refractivity contribution in [3.8, 4) is 0 Å². The van der Waals surface area contributed by atoms with Crippen molar-refractivity contribution in [1.82, 2.24) is 9.55 Å². The molecule has 0 aliphatic carbocycles. The summed E-state index contributed by atoms with van der Waals surface area (Å²) in [5.41, 5.74) is 0.569. The Morgan fingerprint density at radius 3 is 2.53 bits per heavy atom. The fraction of sp³-hybridized carbons (Fsp3) is 0.300. The van der Waals surface area contributed by atoms with Gasteiger partial charge in [-0.3, -0.25) is 0 Å². The van der Waals surface area contributed by atoms with Gasteiger partial charge >= 0.3 is 6.18 Å². The van der Waals surface area contributed by atoms with Gasteiger partial charge in [-0.25, -0.2) is 4.98 Å². The molecule has 17 heavy (non-hydrogen) atoms. The number of nitrogens with zero attached hydrogens (tertiary/aromatic N) is 2. The van der Waals surface area contributed by atoms with Crippen LogP contribution in [0.2, 0.25) is 0 Å². The van der Waals surface area contributed by atoms with Crippen LogP contribution < -0.4 is 0 Å². The minimum atomic E-state index is -4.49. The normalized spacial score (nSPS) is 14.2. The highest BCUT2D eigenvalue weighted by Gasteiger charge is 2.36. The predicted molar refractivity (Wildman–Crippen MR) is 58.0 cm³/mol. The molecule has 3 nitrogen and oxygen atoms in total. The third-order valence-corrected chi connectivity index (χ3v) is 3.36. The molecule has 0 N–H and O–H groups in total. The number of rotatable bonds is 1. The van der Waals surface area contributed by atoms with Gasteiger partial charge in [-0.05, 0) is 23.3 Å². The van der Waals surface area contributed by atoms with Crippen molar-refractivity contribution < 1.29 is 17.7 Å². The van der Waals surface area contributed by atoms with Crippen LogP contribution in [0.4, 0.5) is 13.2 Å². The SMILES string of the molecule is Cn1c(C(F)(F)F)nc2cc([S+](C)[O-])ccc21. The number of alkyl halides is 3. The van der Waals surface area contributed by atoms with Gasteiger partial charge in [0.2, 0.25) is 5.82 Å². The maximum atomic E-state index is 12.6. The van der Waals surface area contributed by atoms with E-state index in [1.807, 2.05) is 0 Å². The molecule has 0 saturated carbocycles. The zero-order chi connectivity index (χ0) is 12.8. The topological polar surface area (TPSA) is 40.9 Å². The molecule has 1 aromatic heterocycles. The summed E-state index contributed by atoms with van der Waals surface area (Å²) in [4.78, 5) is 3.99. The van der Waals surface area contributed by atoms with Crippen molar-refractivity contribution in [2.75, 3.05) is 6.26 Å². The molecule has 0 saturated heterocycles. The van der Waals surface area contributed by atoms with Gasteiger partial charge in [-0.1, -0.05) is 0 Å². The molecule has 2 rings (SSSR count). The highest BCUT2D eigenvalue weighted by molar-refractivity contribution is 7.90. The Morgan fingerprint density at radius 2 is 2.00 bits per heavy atom. The number of aryl methyl sites for hydroxylation is 1. The smallest absolute Gasteiger partial charge is 0.449 e. The third kappa shape index (κ3) is 2.12. The van der Waals surface area contributed by atoms with Crippen LogP contribution in [0.5, 0.6) is 0 Å². The molecule has 0 fully saturated rings. The van der Waals surface area contributed by atoms with Crippen LogP contribution in [0.25, 0.3) is 11.0 Å². The minimum Gasteiger partial charge on any atom is -0.612 e. The molecule has 0 aliphatic heterocycles. The molecule has 0 aliphatic rings. The van der Waals surface area contributed by atoms with Gasteiger partial charge < -0.3 is 9.12 Å². The Morgan fingerprint density at radius 1 is 1.35 bits per heavy atom. The molecular weight excluding hydrogens is 253 g/mol. The summed E-state index contributed by atoms with van der Waals surface area (Å²) in [6.07, 6.45) is -3.02. The van der Waals surface area contributed by atoms with E-state index in [1.54, 1.807) is 6.07 Å². The highest BCUT2D eigenvalue weighted by atomic mass is 32.2. The fourth-order valence-electron chi connectivity index (χ4n) is 1.61. The number of hydrogen-bond acceptors (Lipinski definition) is 2. The minimum absolute atomic E-state index is 0.201. The number of aromatic nitrogens is 2. The first-order valence-electron chi connectivity index (χ1n) is 4.68. The van der Waals surface area contributed by atoms with Gasteiger partial charge in [0.15, 0.2) is 4.90 Å². The van der Waals surface area contributed by atoms with E-state index in [0.29, 0.717) is 10.4 Å². The van der Waals surface area contributed by atoms with Gasteiger partial charge in [0.05, 0.1) is 11.0 Å². The van der Waals surface area contributed by atoms with Crippen LogP contribution in [0.3, 0.4) is 0 Å². The zero-order valence-electron chi connectivity index (χ0n) is 9.08. The monoisotopic (exact) mass is 262 g/mol. The average Bonchev–Trinajstić information content (AvgIpc) is 2.55. The Bertz CT molecular complexity index is 562. The van der Waals surface area contributed by atoms with Crippen LogP contribution in [0.15, 0.2) is 23.1 Å². The molecule has 0 amide bonds. The van der Waals surface area contributed by atoms with E-state index >= 15 is 0 Å². The lowest BCUT2D eigenvalue weighted by Gasteiger charge is -2.05. The molecule has 0 radical (unpaired) electrons. The quantitative estimate of drug-likeness (QED) is 0.740. The van der Waals surface area contributed by atoms with Crippen molar-refractivity contribution in [3.05, 3.63) is 24.0 Å². The molecule has 1 aromatic carbocycles. The van der Waals surface area contributed by atoms with Crippen LogP contribution >= 0.6 is 0 Å². The lowest BCUT2D eigenvalue weighted by Crippen LogP contribution is -2.12. The first-order valence-corrected chi connectivity index (χ1v) is 6.23. The van der Waals surface area contributed by atoms with E-state index in [9.17, 15) is 17.7 Å². The lowest BCUT2D eigenvalue weighted by molar-refractivity contribution is -0.146. The second kappa shape index (κ2) is 3.92. The van der Waals surface area contributed by atoms with Crippen LogP contribution in [0.1, 0.15) is 5.82 Å². The molecule has 0 spiro atoms. The molecule has 92 valence electrons. The van der Waals surface area contributed by atoms with E-state index < -0.39 is 23.2 Å². The first kappa shape index (κ1) is 12.3. The Labute approximate surface area is 98.4 Å². The summed E-state index contributed by atoms with van der Waals surface area (Å²) >= 11 is -1.23. The van der Waals surface area contributed by atoms with Crippen molar-refractivity contribution >= 4 is 22.2 Å². The number of fused-ring (bicyclic) bond motifs is 1. The average molecular weight is 262 g/mol. The van der Waals surface area contributed by atoms with Gasteiger partial charge in [0, 0.05) is 13.1 Å². The van der Waals surface area contributed by atoms with E-state index in [-0.39, 0.29) is 5.52 Å². The second-order valence-corrected chi connectivity index (χ2v) is 4.98. The maximum Gasteiger partial charge on any atom is 0.449 e. The third-order valence-electron chi connectivity index (χ3n) is 2.44. The highest BCUT2D eigenvalue weighted by Crippen LogP contribution is 2.31. The maximum absolute atomic E-state index is 12.6. The summed E-state index contributed by atoms with van der Waals surface area (Å²) in [7, 11) is 1.31. The standard InChI is InChI=1S/C10H9F3N2OS/c1-15-8-4-3-6(17(2)16)5-7(8)14-9(15)10(11,12)13/h3-5H,1-2H3. The molecule has 7 heteroatoms. The van der Waals surface area contributed by atoms with Gasteiger partial charge in [-0.2, -0.15) is 13.2 Å². The predicted octanol–water partition coefficient (Wildman–Crippen LogP) is 2.33. The molecular formula is C10H9F3N2OS. The van der Waals surface area contributed by atoms with Gasteiger partial charge in [-0.15, -0.1) is 0 Å². The lowest BCUT2D eigenvalue weighted by atomic mass is 10.3. The van der Waals surface area contributed by atoms with E-state index in [0.717, 1.165) is 4.57 Å². The van der Waals surface area contributed by atoms with E-state index in [2.05, 4.69) is 4.98 Å². The summed E-state index contributed by atoms with van der Waals surface area (Å²) in [6, 6.07) is 4.45. The van der Waals surface area contributed by atoms with Crippen molar-refractivity contribution in [2.24, 2.45) is 7.05 Å². The molecule has 1 atom stereocenters. The van der Waals surface area contributed by atoms with Crippen molar-refractivity contribution in [2.45, 2.75) is 11.1 Å². The largest absolute Gasteiger partial charge is 0.612 e. The molecule has 1 unspecified atom stereocenters. The first-order chi connectivity index (χ1) is 7.80. The molecule has 0 bridgehead atoms. The Balaban J connectivity index is 2.66. The fourth-order valence-corrected chi connectivity index (χ4v) is 2.15. The van der Waals surface area contributed by atoms with Crippen LogP contribution in [-0.4, -0.2) is 20.4 Å². The van der Waals surface area contributed by atoms with Crippen LogP contribution in [-0.2, 0) is 24.4 Å². The summed E-state index contributed by atoms with van der Waals surface area (Å²) in [6.45, 7) is 0. The molecule has 1 heterocycles. The number of hydrogen-bond donors (Lipinski definition) is 0. The van der Waals surface area contributed by atoms with Gasteiger partial charge in [0.1, 0.15) is 6.26 Å². The molecule has 2 aromatic rings. The zero-order valence-corrected chi connectivity index (χ0v) is 9.89. The van der Waals surface area contributed by atoms with Gasteiger partial charge in [0.25, 0.3) is 0 Å². The summed E-state index contributed by atoms with van der Waals surface area (Å²) in [5, 5.41) is 0. The Hall–Kier alpha value is -1.21. The van der Waals surface area contributed by atoms with E-state index in [4.69, 9.17) is 0 Å². The summed E-state index contributed by atoms with van der Waals surface area (Å²) < 4.78 is 50.0. The van der Waals surface area contributed by atoms with Crippen molar-refractivity contribution in [3.63, 3.8) is 0 Å². The Kier molecular flexibility index (Phi) is 2.82. The van der Waals surface area contributed by atoms with Crippen molar-refractivity contribution in [1.29, 1.82) is 0 Å². The number of benzene rings is 1. The van der Waals surface area contributed by atoms with Crippen LogP contribution in [0, 0.1) is 0 Å². The van der Waals surface area contributed by atoms with E-state index in [1.165, 1.54) is 25.4 Å². The number of imidazole rings is 1. The number of halogens is 3. The summed E-state index contributed by atoms with van der Waals surface area (Å²) in [5.74, 6) is -0.952. The second-order valence-electron chi connectivity index (χ2n) is 3.60.